The van der Waals surface area contributed by atoms with Crippen LogP contribution in [-0.2, 0) is 15.4 Å². The zero-order valence-electron chi connectivity index (χ0n) is 15.8. The van der Waals surface area contributed by atoms with Crippen LogP contribution in [0, 0.1) is 5.82 Å². The molecule has 1 saturated carbocycles. The normalized spacial score (nSPS) is 16.6. The lowest BCUT2D eigenvalue weighted by molar-refractivity contribution is 0.445. The van der Waals surface area contributed by atoms with E-state index in [0.717, 1.165) is 18.4 Å². The quantitative estimate of drug-likeness (QED) is 0.502. The molecule has 2 N–H and O–H groups in total. The van der Waals surface area contributed by atoms with Gasteiger partial charge in [-0.3, -0.25) is 4.99 Å². The van der Waals surface area contributed by atoms with E-state index in [2.05, 4.69) is 15.6 Å². The molecule has 6 nitrogen and oxygen atoms in total. The maximum absolute atomic E-state index is 13.5. The second-order valence-electron chi connectivity index (χ2n) is 6.54. The predicted octanol–water partition coefficient (Wildman–Crippen LogP) is 1.69. The van der Waals surface area contributed by atoms with Crippen molar-refractivity contribution in [3.8, 4) is 0 Å². The Bertz CT molecular complexity index is 728. The second-order valence-corrected chi connectivity index (χ2v) is 8.63. The Labute approximate surface area is 155 Å². The van der Waals surface area contributed by atoms with Crippen molar-refractivity contribution in [1.29, 1.82) is 0 Å². The third-order valence-corrected chi connectivity index (χ3v) is 6.88. The minimum absolute atomic E-state index is 0.0183. The van der Waals surface area contributed by atoms with Crippen LogP contribution in [0.4, 0.5) is 4.39 Å². The van der Waals surface area contributed by atoms with E-state index in [0.29, 0.717) is 25.6 Å². The number of rotatable bonds is 9. The summed E-state index contributed by atoms with van der Waals surface area (Å²) < 4.78 is 39.3. The first kappa shape index (κ1) is 20.6. The van der Waals surface area contributed by atoms with Crippen LogP contribution < -0.4 is 10.6 Å². The Balaban J connectivity index is 1.85. The van der Waals surface area contributed by atoms with Gasteiger partial charge >= 0.3 is 0 Å². The number of guanidine groups is 1. The van der Waals surface area contributed by atoms with Crippen LogP contribution in [-0.4, -0.2) is 57.7 Å². The van der Waals surface area contributed by atoms with E-state index in [9.17, 15) is 12.8 Å². The molecule has 8 heteroatoms. The number of halogens is 1. The van der Waals surface area contributed by atoms with Gasteiger partial charge in [-0.1, -0.05) is 26.0 Å². The minimum atomic E-state index is -3.26. The van der Waals surface area contributed by atoms with Crippen molar-refractivity contribution in [1.82, 2.24) is 14.9 Å². The summed E-state index contributed by atoms with van der Waals surface area (Å²) >= 11 is 0. The van der Waals surface area contributed by atoms with Gasteiger partial charge in [0.2, 0.25) is 10.0 Å². The first-order chi connectivity index (χ1) is 12.4. The summed E-state index contributed by atoms with van der Waals surface area (Å²) in [7, 11) is -1.61. The van der Waals surface area contributed by atoms with Gasteiger partial charge in [0.25, 0.3) is 0 Å². The molecule has 1 aromatic carbocycles. The summed E-state index contributed by atoms with van der Waals surface area (Å²) in [6.45, 7) is 5.53. The topological polar surface area (TPSA) is 73.8 Å². The largest absolute Gasteiger partial charge is 0.356 e. The van der Waals surface area contributed by atoms with Crippen molar-refractivity contribution >= 4 is 16.0 Å². The molecular weight excluding hydrogens is 355 g/mol. The number of aliphatic imine (C=N–C) groups is 1. The highest BCUT2D eigenvalue weighted by Gasteiger charge is 2.44. The first-order valence-corrected chi connectivity index (χ1v) is 10.7. The van der Waals surface area contributed by atoms with E-state index in [1.807, 2.05) is 19.9 Å². The molecule has 1 aliphatic carbocycles. The van der Waals surface area contributed by atoms with E-state index in [1.54, 1.807) is 19.2 Å². The third kappa shape index (κ3) is 5.17. The molecule has 0 amide bonds. The Morgan fingerprint density at radius 3 is 2.50 bits per heavy atom. The van der Waals surface area contributed by atoms with Crippen LogP contribution >= 0.6 is 0 Å². The molecule has 0 unspecified atom stereocenters. The lowest BCUT2D eigenvalue weighted by Gasteiger charge is -2.21. The number of hydrogen-bond acceptors (Lipinski definition) is 3. The van der Waals surface area contributed by atoms with Crippen molar-refractivity contribution in [2.45, 2.75) is 32.1 Å². The smallest absolute Gasteiger partial charge is 0.215 e. The molecule has 0 saturated heterocycles. The van der Waals surface area contributed by atoms with Gasteiger partial charge in [-0.25, -0.2) is 17.1 Å². The predicted molar refractivity (Wildman–Crippen MR) is 103 cm³/mol. The van der Waals surface area contributed by atoms with E-state index in [1.165, 1.54) is 10.4 Å². The lowest BCUT2D eigenvalue weighted by Crippen LogP contribution is -2.44. The van der Waals surface area contributed by atoms with Crippen LogP contribution in [0.1, 0.15) is 32.3 Å². The molecule has 1 aromatic rings. The molecule has 0 bridgehead atoms. The number of benzene rings is 1. The van der Waals surface area contributed by atoms with Gasteiger partial charge in [-0.15, -0.1) is 0 Å². The summed E-state index contributed by atoms with van der Waals surface area (Å²) in [6.07, 6.45) is 1.99. The summed E-state index contributed by atoms with van der Waals surface area (Å²) in [4.78, 5) is 4.15. The highest BCUT2D eigenvalue weighted by molar-refractivity contribution is 7.89. The molecular formula is C18H29FN4O2S. The average molecular weight is 385 g/mol. The van der Waals surface area contributed by atoms with Crippen molar-refractivity contribution in [3.05, 3.63) is 35.6 Å². The van der Waals surface area contributed by atoms with Gasteiger partial charge in [0.1, 0.15) is 5.82 Å². The SMILES string of the molecule is CCN(CC)S(=O)(=O)CCNC(=NC)NCC1(c2cccc(F)c2)CC1. The van der Waals surface area contributed by atoms with Gasteiger partial charge < -0.3 is 10.6 Å². The van der Waals surface area contributed by atoms with Crippen LogP contribution in [0.5, 0.6) is 0 Å². The fourth-order valence-electron chi connectivity index (χ4n) is 3.05. The van der Waals surface area contributed by atoms with Crippen LogP contribution in [0.2, 0.25) is 0 Å². The average Bonchev–Trinajstić information content (AvgIpc) is 3.40. The van der Waals surface area contributed by atoms with Crippen molar-refractivity contribution in [3.63, 3.8) is 0 Å². The maximum Gasteiger partial charge on any atom is 0.215 e. The molecule has 0 heterocycles. The Kier molecular flexibility index (Phi) is 7.00. The fourth-order valence-corrected chi connectivity index (χ4v) is 4.46. The molecule has 26 heavy (non-hydrogen) atoms. The number of hydrogen-bond donors (Lipinski definition) is 2. The second kappa shape index (κ2) is 8.81. The van der Waals surface area contributed by atoms with E-state index in [-0.39, 0.29) is 23.5 Å². The molecule has 0 spiro atoms. The summed E-state index contributed by atoms with van der Waals surface area (Å²) in [6, 6.07) is 6.71. The Morgan fingerprint density at radius 2 is 1.96 bits per heavy atom. The van der Waals surface area contributed by atoms with Gasteiger partial charge in [0.15, 0.2) is 5.96 Å². The Morgan fingerprint density at radius 1 is 1.27 bits per heavy atom. The molecule has 146 valence electrons. The third-order valence-electron chi connectivity index (χ3n) is 4.86. The maximum atomic E-state index is 13.5. The summed E-state index contributed by atoms with van der Waals surface area (Å²) in [5.41, 5.74) is 0.928. The standard InChI is InChI=1S/C18H29FN4O2S/c1-4-23(5-2)26(24,25)12-11-21-17(20-3)22-14-18(9-10-18)15-7-6-8-16(19)13-15/h6-8,13H,4-5,9-12,14H2,1-3H3,(H2,20,21,22). The van der Waals surface area contributed by atoms with Crippen molar-refractivity contribution in [2.75, 3.05) is 39.0 Å². The van der Waals surface area contributed by atoms with Crippen LogP contribution in [0.15, 0.2) is 29.3 Å². The highest BCUT2D eigenvalue weighted by Crippen LogP contribution is 2.47. The van der Waals surface area contributed by atoms with Gasteiger partial charge in [0.05, 0.1) is 5.75 Å². The molecule has 1 aliphatic rings. The summed E-state index contributed by atoms with van der Waals surface area (Å²) in [5.74, 6) is 0.352. The molecule has 2 rings (SSSR count). The van der Waals surface area contributed by atoms with Gasteiger partial charge in [0, 0.05) is 38.6 Å². The highest BCUT2D eigenvalue weighted by atomic mass is 32.2. The molecule has 0 atom stereocenters. The number of nitrogens with one attached hydrogen (secondary N) is 2. The van der Waals surface area contributed by atoms with Gasteiger partial charge in [-0.05, 0) is 30.5 Å². The van der Waals surface area contributed by atoms with Crippen LogP contribution in [0.25, 0.3) is 0 Å². The number of nitrogens with zero attached hydrogens (tertiary/aromatic N) is 2. The fraction of sp³-hybridized carbons (Fsp3) is 0.611. The Hall–Kier alpha value is -1.67. The molecule has 0 aromatic heterocycles. The van der Waals surface area contributed by atoms with Crippen molar-refractivity contribution < 1.29 is 12.8 Å². The lowest BCUT2D eigenvalue weighted by atomic mass is 9.96. The van der Waals surface area contributed by atoms with E-state index >= 15 is 0 Å². The number of sulfonamides is 1. The van der Waals surface area contributed by atoms with Gasteiger partial charge in [-0.2, -0.15) is 0 Å². The molecule has 0 radical (unpaired) electrons. The van der Waals surface area contributed by atoms with Crippen molar-refractivity contribution in [2.24, 2.45) is 4.99 Å². The molecule has 0 aliphatic heterocycles. The monoisotopic (exact) mass is 384 g/mol. The zero-order valence-corrected chi connectivity index (χ0v) is 16.6. The van der Waals surface area contributed by atoms with E-state index in [4.69, 9.17) is 0 Å². The molecule has 1 fully saturated rings. The first-order valence-electron chi connectivity index (χ1n) is 9.05. The zero-order chi connectivity index (χ0) is 19.2. The summed E-state index contributed by atoms with van der Waals surface area (Å²) in [5, 5.41) is 6.29. The minimum Gasteiger partial charge on any atom is -0.356 e. The van der Waals surface area contributed by atoms with E-state index < -0.39 is 10.0 Å². The van der Waals surface area contributed by atoms with Crippen LogP contribution in [0.3, 0.4) is 0 Å².